The maximum absolute atomic E-state index is 11.0. The second kappa shape index (κ2) is 4.61. The lowest BCUT2D eigenvalue weighted by atomic mass is 10.2. The summed E-state index contributed by atoms with van der Waals surface area (Å²) in [5.41, 5.74) is 1.69. The minimum Gasteiger partial charge on any atom is -0.352 e. The van der Waals surface area contributed by atoms with Crippen LogP contribution in [0, 0.1) is 0 Å². The number of aromatic amines is 1. The Balaban J connectivity index is 0.000000461. The number of Topliss-reactive ketones (excluding diaryl/α,β-unsaturated/α-hetero) is 1. The van der Waals surface area contributed by atoms with Crippen molar-refractivity contribution in [1.82, 2.24) is 4.98 Å². The van der Waals surface area contributed by atoms with Gasteiger partial charge in [0, 0.05) is 17.8 Å². The van der Waals surface area contributed by atoms with Crippen molar-refractivity contribution < 1.29 is 4.79 Å². The van der Waals surface area contributed by atoms with E-state index in [0.29, 0.717) is 5.69 Å². The molecule has 0 atom stereocenters. The number of nitrogens with one attached hydrogen (secondary N) is 1. The summed E-state index contributed by atoms with van der Waals surface area (Å²) in [5.74, 6) is 0.0752. The van der Waals surface area contributed by atoms with Crippen LogP contribution in [0.15, 0.2) is 30.3 Å². The smallest absolute Gasteiger partial charge is 0.175 e. The topological polar surface area (TPSA) is 32.9 Å². The monoisotopic (exact) mass is 189 g/mol. The predicted octanol–water partition coefficient (Wildman–Crippen LogP) is 3.40. The fourth-order valence-corrected chi connectivity index (χ4v) is 1.26. The van der Waals surface area contributed by atoms with Crippen LogP contribution < -0.4 is 0 Å². The van der Waals surface area contributed by atoms with E-state index in [1.165, 1.54) is 0 Å². The molecular weight excluding hydrogens is 174 g/mol. The lowest BCUT2D eigenvalue weighted by molar-refractivity contribution is 0.101. The van der Waals surface area contributed by atoms with Crippen molar-refractivity contribution in [2.24, 2.45) is 0 Å². The Kier molecular flexibility index (Phi) is 3.46. The molecule has 0 bridgehead atoms. The molecule has 2 nitrogen and oxygen atoms in total. The number of benzene rings is 1. The summed E-state index contributed by atoms with van der Waals surface area (Å²) in [5, 5.41) is 1.09. The van der Waals surface area contributed by atoms with Crippen LogP contribution in [0.2, 0.25) is 0 Å². The molecule has 2 aromatic rings. The summed E-state index contributed by atoms with van der Waals surface area (Å²) < 4.78 is 0. The van der Waals surface area contributed by atoms with E-state index >= 15 is 0 Å². The first-order chi connectivity index (χ1) is 6.77. The molecule has 74 valence electrons. The molecule has 0 spiro atoms. The molecule has 2 rings (SSSR count). The van der Waals surface area contributed by atoms with Crippen molar-refractivity contribution >= 4 is 16.7 Å². The van der Waals surface area contributed by atoms with Crippen LogP contribution in [0.25, 0.3) is 10.9 Å². The minimum absolute atomic E-state index is 0.0752. The van der Waals surface area contributed by atoms with Crippen LogP contribution in [0.3, 0.4) is 0 Å². The molecule has 1 aromatic heterocycles. The molecule has 1 heterocycles. The van der Waals surface area contributed by atoms with Crippen molar-refractivity contribution in [3.8, 4) is 0 Å². The predicted molar refractivity (Wildman–Crippen MR) is 59.7 cm³/mol. The number of rotatable bonds is 1. The van der Waals surface area contributed by atoms with Crippen LogP contribution in [0.1, 0.15) is 31.3 Å². The van der Waals surface area contributed by atoms with Gasteiger partial charge in [-0.1, -0.05) is 32.0 Å². The van der Waals surface area contributed by atoms with Gasteiger partial charge in [0.05, 0.1) is 5.69 Å². The third-order valence-electron chi connectivity index (χ3n) is 1.91. The standard InChI is InChI=1S/C10H9NO.C2H6/c1-7(12)10-6-8-4-2-3-5-9(8)11-10;1-2/h2-6,11H,1H3;1-2H3. The van der Waals surface area contributed by atoms with Gasteiger partial charge in [0.15, 0.2) is 5.78 Å². The van der Waals surface area contributed by atoms with Gasteiger partial charge in [0.25, 0.3) is 0 Å². The average molecular weight is 189 g/mol. The highest BCUT2D eigenvalue weighted by molar-refractivity contribution is 5.97. The Hall–Kier alpha value is -1.57. The summed E-state index contributed by atoms with van der Waals surface area (Å²) in [6.07, 6.45) is 0. The number of hydrogen-bond donors (Lipinski definition) is 1. The highest BCUT2D eigenvalue weighted by atomic mass is 16.1. The van der Waals surface area contributed by atoms with Crippen molar-refractivity contribution in [3.05, 3.63) is 36.0 Å². The highest BCUT2D eigenvalue weighted by Crippen LogP contribution is 2.14. The van der Waals surface area contributed by atoms with E-state index in [2.05, 4.69) is 4.98 Å². The van der Waals surface area contributed by atoms with Gasteiger partial charge in [-0.05, 0) is 12.1 Å². The number of fused-ring (bicyclic) bond motifs is 1. The van der Waals surface area contributed by atoms with Crippen molar-refractivity contribution in [1.29, 1.82) is 0 Å². The summed E-state index contributed by atoms with van der Waals surface area (Å²) in [6, 6.07) is 9.72. The van der Waals surface area contributed by atoms with E-state index in [-0.39, 0.29) is 5.78 Å². The molecule has 0 amide bonds. The number of carbonyl (C=O) groups excluding carboxylic acids is 1. The summed E-state index contributed by atoms with van der Waals surface area (Å²) >= 11 is 0. The second-order valence-corrected chi connectivity index (χ2v) is 2.83. The first-order valence-corrected chi connectivity index (χ1v) is 4.86. The Bertz CT molecular complexity index is 396. The van der Waals surface area contributed by atoms with Gasteiger partial charge < -0.3 is 4.98 Å². The van der Waals surface area contributed by atoms with Crippen LogP contribution in [0.5, 0.6) is 0 Å². The second-order valence-electron chi connectivity index (χ2n) is 2.83. The summed E-state index contributed by atoms with van der Waals surface area (Å²) in [4.78, 5) is 14.0. The number of carbonyl (C=O) groups is 1. The van der Waals surface area contributed by atoms with Gasteiger partial charge in [-0.15, -0.1) is 0 Å². The Morgan fingerprint density at radius 1 is 1.21 bits per heavy atom. The molecule has 0 saturated heterocycles. The van der Waals surface area contributed by atoms with Crippen LogP contribution >= 0.6 is 0 Å². The van der Waals surface area contributed by atoms with Gasteiger partial charge in [-0.25, -0.2) is 0 Å². The maximum Gasteiger partial charge on any atom is 0.175 e. The van der Waals surface area contributed by atoms with Crippen molar-refractivity contribution in [2.75, 3.05) is 0 Å². The first kappa shape index (κ1) is 10.5. The zero-order valence-electron chi connectivity index (χ0n) is 8.79. The molecule has 0 aliphatic heterocycles. The molecule has 0 aliphatic rings. The van der Waals surface area contributed by atoms with E-state index in [0.717, 1.165) is 10.9 Å². The number of para-hydroxylation sites is 1. The van der Waals surface area contributed by atoms with Crippen LogP contribution in [-0.2, 0) is 0 Å². The Labute approximate surface area is 83.9 Å². The quantitative estimate of drug-likeness (QED) is 0.685. The van der Waals surface area contributed by atoms with Crippen LogP contribution in [-0.4, -0.2) is 10.8 Å². The number of ketones is 1. The van der Waals surface area contributed by atoms with Gasteiger partial charge in [0.2, 0.25) is 0 Å². The lowest BCUT2D eigenvalue weighted by Gasteiger charge is -1.85. The fraction of sp³-hybridized carbons (Fsp3) is 0.250. The molecule has 0 fully saturated rings. The normalized spacial score (nSPS) is 9.36. The van der Waals surface area contributed by atoms with E-state index in [1.807, 2.05) is 44.2 Å². The molecule has 1 aromatic carbocycles. The zero-order valence-corrected chi connectivity index (χ0v) is 8.79. The SMILES string of the molecule is CC.CC(=O)c1cc2ccccc2[nH]1. The number of H-pyrrole nitrogens is 1. The van der Waals surface area contributed by atoms with Gasteiger partial charge in [-0.3, -0.25) is 4.79 Å². The van der Waals surface area contributed by atoms with E-state index in [1.54, 1.807) is 6.92 Å². The molecule has 1 N–H and O–H groups in total. The maximum atomic E-state index is 11.0. The molecule has 14 heavy (non-hydrogen) atoms. The Morgan fingerprint density at radius 3 is 2.43 bits per heavy atom. The molecule has 0 radical (unpaired) electrons. The number of aromatic nitrogens is 1. The number of hydrogen-bond acceptors (Lipinski definition) is 1. The Morgan fingerprint density at radius 2 is 1.86 bits per heavy atom. The van der Waals surface area contributed by atoms with Crippen molar-refractivity contribution in [3.63, 3.8) is 0 Å². The lowest BCUT2D eigenvalue weighted by Crippen LogP contribution is -1.89. The fourth-order valence-electron chi connectivity index (χ4n) is 1.26. The van der Waals surface area contributed by atoms with Gasteiger partial charge in [0.1, 0.15) is 0 Å². The highest BCUT2D eigenvalue weighted by Gasteiger charge is 2.02. The molecule has 0 aliphatic carbocycles. The molecule has 2 heteroatoms. The third-order valence-corrected chi connectivity index (χ3v) is 1.91. The molecular formula is C12H15NO. The van der Waals surface area contributed by atoms with E-state index in [9.17, 15) is 4.79 Å². The molecule has 0 saturated carbocycles. The van der Waals surface area contributed by atoms with Gasteiger partial charge >= 0.3 is 0 Å². The van der Waals surface area contributed by atoms with E-state index in [4.69, 9.17) is 0 Å². The van der Waals surface area contributed by atoms with Crippen molar-refractivity contribution in [2.45, 2.75) is 20.8 Å². The first-order valence-electron chi connectivity index (χ1n) is 4.86. The molecule has 0 unspecified atom stereocenters. The average Bonchev–Trinajstić information content (AvgIpc) is 2.64. The minimum atomic E-state index is 0.0752. The zero-order chi connectivity index (χ0) is 10.6. The third kappa shape index (κ3) is 2.02. The largest absolute Gasteiger partial charge is 0.352 e. The summed E-state index contributed by atoms with van der Waals surface area (Å²) in [7, 11) is 0. The van der Waals surface area contributed by atoms with Gasteiger partial charge in [-0.2, -0.15) is 0 Å². The summed E-state index contributed by atoms with van der Waals surface area (Å²) in [6.45, 7) is 5.56. The van der Waals surface area contributed by atoms with Crippen LogP contribution in [0.4, 0.5) is 0 Å². The van der Waals surface area contributed by atoms with E-state index < -0.39 is 0 Å².